The predicted octanol–water partition coefficient (Wildman–Crippen LogP) is 4.46. The number of nitrogens with zero attached hydrogens (tertiary/aromatic N) is 1. The van der Waals surface area contributed by atoms with E-state index in [1.165, 1.54) is 6.26 Å². The second-order valence-electron chi connectivity index (χ2n) is 6.91. The first-order chi connectivity index (χ1) is 14.0. The number of fused-ring (bicyclic) bond motifs is 1. The van der Waals surface area contributed by atoms with Gasteiger partial charge in [-0.05, 0) is 35.7 Å². The summed E-state index contributed by atoms with van der Waals surface area (Å²) < 4.78 is 18.6. The van der Waals surface area contributed by atoms with Gasteiger partial charge in [0, 0.05) is 23.4 Å². The Balaban J connectivity index is 1.88. The SMILES string of the molecule is CS(=O)OCCC1CNC(=O)c2cc(-c3cccc(Cl)c3)c(-c3ccccc3)n21. The quantitative estimate of drug-likeness (QED) is 0.630. The highest BCUT2D eigenvalue weighted by Gasteiger charge is 2.30. The largest absolute Gasteiger partial charge is 0.349 e. The van der Waals surface area contributed by atoms with Crippen LogP contribution in [-0.2, 0) is 15.3 Å². The molecule has 7 heteroatoms. The lowest BCUT2D eigenvalue weighted by Crippen LogP contribution is -2.39. The molecule has 1 N–H and O–H groups in total. The molecule has 0 aliphatic carbocycles. The van der Waals surface area contributed by atoms with Crippen molar-refractivity contribution in [2.45, 2.75) is 12.5 Å². The molecule has 0 radical (unpaired) electrons. The van der Waals surface area contributed by atoms with Gasteiger partial charge in [0.1, 0.15) is 5.69 Å². The standard InChI is InChI=1S/C22H21ClN2O3S/c1-29(27)28-11-10-18-14-24-22(26)20-13-19(16-8-5-9-17(23)12-16)21(25(18)20)15-6-3-2-4-7-15/h2-9,12-13,18H,10-11,14H2,1H3,(H,24,26). The third-order valence-electron chi connectivity index (χ3n) is 5.02. The van der Waals surface area contributed by atoms with Crippen LogP contribution in [0.15, 0.2) is 60.7 Å². The van der Waals surface area contributed by atoms with E-state index in [4.69, 9.17) is 15.8 Å². The van der Waals surface area contributed by atoms with Crippen LogP contribution in [0.5, 0.6) is 0 Å². The van der Waals surface area contributed by atoms with E-state index < -0.39 is 11.1 Å². The molecule has 0 bridgehead atoms. The van der Waals surface area contributed by atoms with E-state index in [-0.39, 0.29) is 11.9 Å². The van der Waals surface area contributed by atoms with Crippen LogP contribution in [-0.4, -0.2) is 34.1 Å². The first-order valence-electron chi connectivity index (χ1n) is 9.36. The lowest BCUT2D eigenvalue weighted by atomic mass is 10.0. The molecule has 0 fully saturated rings. The summed E-state index contributed by atoms with van der Waals surface area (Å²) in [6.07, 6.45) is 2.15. The summed E-state index contributed by atoms with van der Waals surface area (Å²) in [6.45, 7) is 0.844. The lowest BCUT2D eigenvalue weighted by molar-refractivity contribution is 0.0910. The zero-order chi connectivity index (χ0) is 20.4. The van der Waals surface area contributed by atoms with Gasteiger partial charge in [-0.25, -0.2) is 4.21 Å². The Kier molecular flexibility index (Phi) is 5.85. The fraction of sp³-hybridized carbons (Fsp3) is 0.227. The van der Waals surface area contributed by atoms with Gasteiger partial charge in [0.25, 0.3) is 5.91 Å². The van der Waals surface area contributed by atoms with Crippen LogP contribution in [0.2, 0.25) is 5.02 Å². The number of hydrogen-bond acceptors (Lipinski definition) is 3. The van der Waals surface area contributed by atoms with Crippen molar-refractivity contribution >= 4 is 28.6 Å². The molecular weight excluding hydrogens is 408 g/mol. The molecule has 4 rings (SSSR count). The van der Waals surface area contributed by atoms with Crippen LogP contribution in [0.3, 0.4) is 0 Å². The van der Waals surface area contributed by atoms with Crippen molar-refractivity contribution in [1.82, 2.24) is 9.88 Å². The molecule has 3 aromatic rings. The summed E-state index contributed by atoms with van der Waals surface area (Å²) in [5.74, 6) is -0.105. The predicted molar refractivity (Wildman–Crippen MR) is 116 cm³/mol. The van der Waals surface area contributed by atoms with Crippen LogP contribution >= 0.6 is 11.6 Å². The van der Waals surface area contributed by atoms with Crippen molar-refractivity contribution in [3.63, 3.8) is 0 Å². The molecule has 2 heterocycles. The van der Waals surface area contributed by atoms with E-state index in [0.29, 0.717) is 30.3 Å². The number of hydrogen-bond donors (Lipinski definition) is 1. The Hall–Kier alpha value is -2.41. The first-order valence-corrected chi connectivity index (χ1v) is 11.2. The minimum Gasteiger partial charge on any atom is -0.349 e. The van der Waals surface area contributed by atoms with Crippen molar-refractivity contribution in [3.05, 3.63) is 71.4 Å². The van der Waals surface area contributed by atoms with E-state index in [0.717, 1.165) is 22.4 Å². The number of nitrogens with one attached hydrogen (secondary N) is 1. The van der Waals surface area contributed by atoms with E-state index in [1.807, 2.05) is 60.7 Å². The minimum atomic E-state index is -1.31. The number of carbonyl (C=O) groups is 1. The summed E-state index contributed by atoms with van der Waals surface area (Å²) in [5.41, 5.74) is 4.51. The van der Waals surface area contributed by atoms with E-state index in [2.05, 4.69) is 9.88 Å². The molecule has 2 aromatic carbocycles. The van der Waals surface area contributed by atoms with Gasteiger partial charge in [-0.15, -0.1) is 0 Å². The average molecular weight is 429 g/mol. The van der Waals surface area contributed by atoms with Gasteiger partial charge in [0.15, 0.2) is 11.1 Å². The minimum absolute atomic E-state index is 0.00519. The van der Waals surface area contributed by atoms with Crippen LogP contribution in [0.4, 0.5) is 0 Å². The van der Waals surface area contributed by atoms with Crippen LogP contribution in [0, 0.1) is 0 Å². The van der Waals surface area contributed by atoms with Crippen molar-refractivity contribution in [3.8, 4) is 22.4 Å². The smallest absolute Gasteiger partial charge is 0.268 e. The summed E-state index contributed by atoms with van der Waals surface area (Å²) in [5, 5.41) is 3.61. The van der Waals surface area contributed by atoms with Gasteiger partial charge in [-0.3, -0.25) is 8.98 Å². The Bertz CT molecular complexity index is 1070. The Morgan fingerprint density at radius 3 is 2.62 bits per heavy atom. The third kappa shape index (κ3) is 4.15. The van der Waals surface area contributed by atoms with Crippen LogP contribution < -0.4 is 5.32 Å². The Morgan fingerprint density at radius 1 is 1.14 bits per heavy atom. The van der Waals surface area contributed by atoms with Gasteiger partial charge >= 0.3 is 0 Å². The molecular formula is C22H21ClN2O3S. The molecule has 2 atom stereocenters. The maximum atomic E-state index is 12.7. The fourth-order valence-electron chi connectivity index (χ4n) is 3.77. The van der Waals surface area contributed by atoms with Gasteiger partial charge in [-0.1, -0.05) is 54.1 Å². The Labute approximate surface area is 177 Å². The normalized spacial score (nSPS) is 16.9. The molecule has 1 aliphatic rings. The number of rotatable bonds is 6. The lowest BCUT2D eigenvalue weighted by Gasteiger charge is -2.28. The number of amides is 1. The number of aromatic nitrogens is 1. The maximum absolute atomic E-state index is 12.7. The number of benzene rings is 2. The van der Waals surface area contributed by atoms with Gasteiger partial charge in [0.2, 0.25) is 0 Å². The van der Waals surface area contributed by atoms with E-state index >= 15 is 0 Å². The Morgan fingerprint density at radius 2 is 1.90 bits per heavy atom. The highest BCUT2D eigenvalue weighted by molar-refractivity contribution is 7.79. The van der Waals surface area contributed by atoms with Gasteiger partial charge in [-0.2, -0.15) is 0 Å². The zero-order valence-corrected chi connectivity index (χ0v) is 17.5. The molecule has 0 spiro atoms. The van der Waals surface area contributed by atoms with Crippen molar-refractivity contribution in [1.29, 1.82) is 0 Å². The molecule has 29 heavy (non-hydrogen) atoms. The number of halogens is 1. The molecule has 1 aromatic heterocycles. The van der Waals surface area contributed by atoms with Crippen molar-refractivity contribution in [2.75, 3.05) is 19.4 Å². The summed E-state index contributed by atoms with van der Waals surface area (Å²) in [4.78, 5) is 12.7. The summed E-state index contributed by atoms with van der Waals surface area (Å²) in [7, 11) is 0. The molecule has 1 amide bonds. The second kappa shape index (κ2) is 8.53. The van der Waals surface area contributed by atoms with Gasteiger partial charge < -0.3 is 9.88 Å². The monoisotopic (exact) mass is 428 g/mol. The zero-order valence-electron chi connectivity index (χ0n) is 15.9. The molecule has 150 valence electrons. The highest BCUT2D eigenvalue weighted by Crippen LogP contribution is 2.39. The van der Waals surface area contributed by atoms with Crippen LogP contribution in [0.1, 0.15) is 23.0 Å². The summed E-state index contributed by atoms with van der Waals surface area (Å²) in [6, 6.07) is 19.6. The summed E-state index contributed by atoms with van der Waals surface area (Å²) >= 11 is 4.93. The van der Waals surface area contributed by atoms with E-state index in [1.54, 1.807) is 0 Å². The van der Waals surface area contributed by atoms with Gasteiger partial charge in [0.05, 0.1) is 18.3 Å². The first kappa shape index (κ1) is 19.9. The molecule has 0 saturated heterocycles. The van der Waals surface area contributed by atoms with E-state index in [9.17, 15) is 9.00 Å². The highest BCUT2D eigenvalue weighted by atomic mass is 35.5. The number of carbonyl (C=O) groups excluding carboxylic acids is 1. The third-order valence-corrected chi connectivity index (χ3v) is 5.75. The fourth-order valence-corrected chi connectivity index (χ4v) is 4.29. The van der Waals surface area contributed by atoms with Crippen molar-refractivity contribution < 1.29 is 13.2 Å². The molecule has 2 unspecified atom stereocenters. The second-order valence-corrected chi connectivity index (χ2v) is 8.39. The molecule has 5 nitrogen and oxygen atoms in total. The van der Waals surface area contributed by atoms with Crippen molar-refractivity contribution in [2.24, 2.45) is 0 Å². The van der Waals surface area contributed by atoms with Crippen LogP contribution in [0.25, 0.3) is 22.4 Å². The topological polar surface area (TPSA) is 60.3 Å². The molecule has 1 aliphatic heterocycles. The maximum Gasteiger partial charge on any atom is 0.268 e. The average Bonchev–Trinajstić information content (AvgIpc) is 3.12. The molecule has 0 saturated carbocycles.